The summed E-state index contributed by atoms with van der Waals surface area (Å²) in [6.07, 6.45) is 0. The second-order valence-corrected chi connectivity index (χ2v) is 6.93. The Kier molecular flexibility index (Phi) is 7.42. The summed E-state index contributed by atoms with van der Waals surface area (Å²) >= 11 is 1.12. The van der Waals surface area contributed by atoms with E-state index in [1.807, 2.05) is 6.07 Å². The van der Waals surface area contributed by atoms with E-state index >= 15 is 0 Å². The fraction of sp³-hybridized carbons (Fsp3) is 0.333. The van der Waals surface area contributed by atoms with Crippen molar-refractivity contribution < 1.29 is 24.0 Å². The van der Waals surface area contributed by atoms with Crippen molar-refractivity contribution in [1.29, 1.82) is 0 Å². The van der Waals surface area contributed by atoms with Crippen molar-refractivity contribution in [2.45, 2.75) is 19.9 Å². The number of rotatable bonds is 9. The predicted octanol–water partition coefficient (Wildman–Crippen LogP) is 2.23. The molecule has 2 rings (SSSR count). The van der Waals surface area contributed by atoms with Gasteiger partial charge in [-0.15, -0.1) is 11.8 Å². The molecule has 2 unspecified atom stereocenters. The molecule has 0 bridgehead atoms. The average Bonchev–Trinajstić information content (AvgIpc) is 3.04. The largest absolute Gasteiger partial charge is 0.481 e. The molecule has 1 aromatic heterocycles. The SMILES string of the molecule is Cc1cc(NC(=O)CSCC(=O)NC(c2ccccc2)C(C)C(=O)O)no1. The van der Waals surface area contributed by atoms with Gasteiger partial charge in [-0.25, -0.2) is 0 Å². The number of aryl methyl sites for hydroxylation is 1. The van der Waals surface area contributed by atoms with E-state index in [4.69, 9.17) is 4.52 Å². The molecule has 0 spiro atoms. The number of hydrogen-bond acceptors (Lipinski definition) is 6. The summed E-state index contributed by atoms with van der Waals surface area (Å²) in [5.74, 6) is -1.45. The Balaban J connectivity index is 1.84. The summed E-state index contributed by atoms with van der Waals surface area (Å²) < 4.78 is 4.85. The molecule has 2 atom stereocenters. The van der Waals surface area contributed by atoms with E-state index in [0.29, 0.717) is 17.1 Å². The van der Waals surface area contributed by atoms with Gasteiger partial charge in [-0.2, -0.15) is 0 Å². The summed E-state index contributed by atoms with van der Waals surface area (Å²) in [4.78, 5) is 35.4. The zero-order chi connectivity index (χ0) is 19.8. The number of nitrogens with zero attached hydrogens (tertiary/aromatic N) is 1. The fourth-order valence-corrected chi connectivity index (χ4v) is 2.98. The lowest BCUT2D eigenvalue weighted by Crippen LogP contribution is -2.36. The monoisotopic (exact) mass is 391 g/mol. The zero-order valence-corrected chi connectivity index (χ0v) is 15.8. The number of carboxylic acid groups (broad SMARTS) is 1. The first-order valence-electron chi connectivity index (χ1n) is 8.25. The minimum absolute atomic E-state index is 0.0287. The molecule has 2 amide bonds. The van der Waals surface area contributed by atoms with Crippen LogP contribution >= 0.6 is 11.8 Å². The van der Waals surface area contributed by atoms with Crippen molar-refractivity contribution >= 4 is 35.4 Å². The Morgan fingerprint density at radius 1 is 1.19 bits per heavy atom. The average molecular weight is 391 g/mol. The standard InChI is InChI=1S/C18H21N3O5S/c1-11-8-14(21-26-11)19-15(22)9-27-10-16(23)20-17(12(2)18(24)25)13-6-4-3-5-7-13/h3-8,12,17H,9-10H2,1-2H3,(H,20,23)(H,24,25)(H,19,21,22). The highest BCUT2D eigenvalue weighted by Crippen LogP contribution is 2.22. The number of nitrogens with one attached hydrogen (secondary N) is 2. The number of aliphatic carboxylic acids is 1. The Bertz CT molecular complexity index is 793. The first-order chi connectivity index (χ1) is 12.9. The fourth-order valence-electron chi connectivity index (χ4n) is 2.36. The summed E-state index contributed by atoms with van der Waals surface area (Å²) in [5.41, 5.74) is 0.713. The molecule has 8 nitrogen and oxygen atoms in total. The molecule has 0 aliphatic carbocycles. The minimum atomic E-state index is -1.00. The molecule has 0 saturated carbocycles. The van der Waals surface area contributed by atoms with Crippen molar-refractivity contribution in [3.63, 3.8) is 0 Å². The zero-order valence-electron chi connectivity index (χ0n) is 15.0. The number of carbonyl (C=O) groups excluding carboxylic acids is 2. The van der Waals surface area contributed by atoms with Crippen LogP contribution in [0.2, 0.25) is 0 Å². The quantitative estimate of drug-likeness (QED) is 0.599. The number of aromatic nitrogens is 1. The molecule has 0 fully saturated rings. The third-order valence-electron chi connectivity index (χ3n) is 3.73. The second-order valence-electron chi connectivity index (χ2n) is 5.95. The van der Waals surface area contributed by atoms with Crippen LogP contribution in [-0.2, 0) is 14.4 Å². The first kappa shape index (κ1) is 20.5. The van der Waals surface area contributed by atoms with Gasteiger partial charge in [0.25, 0.3) is 0 Å². The number of carbonyl (C=O) groups is 3. The van der Waals surface area contributed by atoms with Crippen LogP contribution in [0.1, 0.15) is 24.3 Å². The topological polar surface area (TPSA) is 122 Å². The summed E-state index contributed by atoms with van der Waals surface area (Å²) in [6, 6.07) is 9.87. The van der Waals surface area contributed by atoms with Gasteiger partial charge in [-0.05, 0) is 19.4 Å². The highest BCUT2D eigenvalue weighted by atomic mass is 32.2. The van der Waals surface area contributed by atoms with Crippen molar-refractivity contribution in [3.8, 4) is 0 Å². The summed E-state index contributed by atoms with van der Waals surface area (Å²) in [6.45, 7) is 3.25. The highest BCUT2D eigenvalue weighted by molar-refractivity contribution is 8.00. The van der Waals surface area contributed by atoms with Gasteiger partial charge in [0.15, 0.2) is 5.82 Å². The molecule has 2 aromatic rings. The van der Waals surface area contributed by atoms with Crippen LogP contribution in [0, 0.1) is 12.8 Å². The molecule has 0 aliphatic heterocycles. The van der Waals surface area contributed by atoms with Gasteiger partial charge in [-0.3, -0.25) is 14.4 Å². The van der Waals surface area contributed by atoms with Gasteiger partial charge in [0.1, 0.15) is 5.76 Å². The molecule has 1 heterocycles. The van der Waals surface area contributed by atoms with Gasteiger partial charge in [0.2, 0.25) is 11.8 Å². The van der Waals surface area contributed by atoms with Crippen LogP contribution in [0.4, 0.5) is 5.82 Å². The molecule has 0 radical (unpaired) electrons. The van der Waals surface area contributed by atoms with Crippen LogP contribution in [0.3, 0.4) is 0 Å². The smallest absolute Gasteiger partial charge is 0.308 e. The van der Waals surface area contributed by atoms with E-state index in [9.17, 15) is 19.5 Å². The Morgan fingerprint density at radius 2 is 1.85 bits per heavy atom. The van der Waals surface area contributed by atoms with Gasteiger partial charge >= 0.3 is 5.97 Å². The maximum atomic E-state index is 12.2. The molecule has 9 heteroatoms. The molecule has 1 aromatic carbocycles. The Labute approximate surface area is 160 Å². The maximum Gasteiger partial charge on any atom is 0.308 e. The molecule has 27 heavy (non-hydrogen) atoms. The van der Waals surface area contributed by atoms with Crippen molar-refractivity contribution in [3.05, 3.63) is 47.7 Å². The van der Waals surface area contributed by atoms with Crippen LogP contribution in [-0.4, -0.2) is 39.6 Å². The third-order valence-corrected chi connectivity index (χ3v) is 4.66. The lowest BCUT2D eigenvalue weighted by Gasteiger charge is -2.22. The summed E-state index contributed by atoms with van der Waals surface area (Å²) in [7, 11) is 0. The minimum Gasteiger partial charge on any atom is -0.481 e. The summed E-state index contributed by atoms with van der Waals surface area (Å²) in [5, 5.41) is 18.3. The molecule has 0 aliphatic rings. The lowest BCUT2D eigenvalue weighted by atomic mass is 9.94. The predicted molar refractivity (Wildman–Crippen MR) is 101 cm³/mol. The van der Waals surface area contributed by atoms with E-state index in [2.05, 4.69) is 15.8 Å². The number of carboxylic acids is 1. The number of anilines is 1. The molecule has 3 N–H and O–H groups in total. The molecular formula is C18H21N3O5S. The van der Waals surface area contributed by atoms with Gasteiger partial charge in [0.05, 0.1) is 23.5 Å². The normalized spacial score (nSPS) is 12.8. The van der Waals surface area contributed by atoms with E-state index in [0.717, 1.165) is 11.8 Å². The lowest BCUT2D eigenvalue weighted by molar-refractivity contribution is -0.142. The van der Waals surface area contributed by atoms with Crippen molar-refractivity contribution in [2.24, 2.45) is 5.92 Å². The van der Waals surface area contributed by atoms with E-state index in [1.165, 1.54) is 0 Å². The van der Waals surface area contributed by atoms with Crippen molar-refractivity contribution in [2.75, 3.05) is 16.8 Å². The van der Waals surface area contributed by atoms with E-state index in [-0.39, 0.29) is 23.3 Å². The van der Waals surface area contributed by atoms with E-state index in [1.54, 1.807) is 44.2 Å². The van der Waals surface area contributed by atoms with Gasteiger partial charge in [-0.1, -0.05) is 35.5 Å². The van der Waals surface area contributed by atoms with Crippen LogP contribution in [0.5, 0.6) is 0 Å². The molecule has 0 saturated heterocycles. The second kappa shape index (κ2) is 9.77. The van der Waals surface area contributed by atoms with E-state index < -0.39 is 17.9 Å². The third kappa shape index (κ3) is 6.45. The number of thioether (sulfide) groups is 1. The molecule has 144 valence electrons. The van der Waals surface area contributed by atoms with Crippen molar-refractivity contribution in [1.82, 2.24) is 10.5 Å². The Hall–Kier alpha value is -2.81. The number of benzene rings is 1. The van der Waals surface area contributed by atoms with Crippen LogP contribution in [0.15, 0.2) is 40.9 Å². The molecular weight excluding hydrogens is 370 g/mol. The number of amides is 2. The highest BCUT2D eigenvalue weighted by Gasteiger charge is 2.26. The van der Waals surface area contributed by atoms with Gasteiger partial charge < -0.3 is 20.3 Å². The number of hydrogen-bond donors (Lipinski definition) is 3. The Morgan fingerprint density at radius 3 is 2.44 bits per heavy atom. The van der Waals surface area contributed by atoms with Crippen LogP contribution in [0.25, 0.3) is 0 Å². The first-order valence-corrected chi connectivity index (χ1v) is 9.40. The van der Waals surface area contributed by atoms with Gasteiger partial charge in [0, 0.05) is 6.07 Å². The van der Waals surface area contributed by atoms with Crippen LogP contribution < -0.4 is 10.6 Å². The maximum absolute atomic E-state index is 12.2.